The van der Waals surface area contributed by atoms with Crippen LogP contribution >= 0.6 is 11.8 Å². The molecule has 2 aromatic carbocycles. The first kappa shape index (κ1) is 18.5. The quantitative estimate of drug-likeness (QED) is 0.658. The molecule has 0 aromatic heterocycles. The van der Waals surface area contributed by atoms with Crippen molar-refractivity contribution in [3.05, 3.63) is 59.4 Å². The van der Waals surface area contributed by atoms with Crippen molar-refractivity contribution in [2.75, 3.05) is 25.2 Å². The molecule has 0 unspecified atom stereocenters. The Morgan fingerprint density at radius 2 is 2.00 bits per heavy atom. The number of carbonyl (C=O) groups excluding carboxylic acids is 2. The Hall–Kier alpha value is -2.34. The van der Waals surface area contributed by atoms with E-state index in [4.69, 9.17) is 0 Å². The molecule has 2 amide bonds. The van der Waals surface area contributed by atoms with Crippen LogP contribution in [0.25, 0.3) is 0 Å². The van der Waals surface area contributed by atoms with Crippen LogP contribution in [0.3, 0.4) is 0 Å². The second-order valence-corrected chi connectivity index (χ2v) is 7.35. The van der Waals surface area contributed by atoms with Gasteiger partial charge in [0.15, 0.2) is 0 Å². The van der Waals surface area contributed by atoms with E-state index in [2.05, 4.69) is 5.32 Å². The molecule has 2 aromatic rings. The summed E-state index contributed by atoms with van der Waals surface area (Å²) in [4.78, 5) is 28.0. The fraction of sp³-hybridized carbons (Fsp3) is 0.300. The summed E-state index contributed by atoms with van der Waals surface area (Å²) in [6, 6.07) is 12.3. The standard InChI is InChI=1S/C20H21FN2O2S/c1-12-10-13(8-9-15(12)21)14-11-23(2)20(25)18(14)19(24)22-16-6-4-5-7-17(16)26-3/h4-10,14,18H,11H2,1-3H3,(H,22,24)/t14-,18+/m1/s1. The number of anilines is 1. The number of hydrogen-bond acceptors (Lipinski definition) is 3. The average Bonchev–Trinajstić information content (AvgIpc) is 2.93. The Morgan fingerprint density at radius 3 is 2.69 bits per heavy atom. The summed E-state index contributed by atoms with van der Waals surface area (Å²) in [5.41, 5.74) is 2.01. The van der Waals surface area contributed by atoms with Crippen molar-refractivity contribution in [3.8, 4) is 0 Å². The van der Waals surface area contributed by atoms with Gasteiger partial charge in [-0.15, -0.1) is 11.8 Å². The minimum absolute atomic E-state index is 0.212. The molecule has 26 heavy (non-hydrogen) atoms. The highest BCUT2D eigenvalue weighted by molar-refractivity contribution is 7.98. The molecule has 0 aliphatic carbocycles. The van der Waals surface area contributed by atoms with Gasteiger partial charge in [0, 0.05) is 24.4 Å². The maximum absolute atomic E-state index is 13.6. The van der Waals surface area contributed by atoms with Crippen molar-refractivity contribution in [1.29, 1.82) is 0 Å². The predicted molar refractivity (Wildman–Crippen MR) is 102 cm³/mol. The molecule has 1 heterocycles. The molecule has 0 radical (unpaired) electrons. The molecule has 1 saturated heterocycles. The zero-order valence-corrected chi connectivity index (χ0v) is 15.8. The Morgan fingerprint density at radius 1 is 1.27 bits per heavy atom. The third kappa shape index (κ3) is 3.46. The normalized spacial score (nSPS) is 19.7. The predicted octanol–water partition coefficient (Wildman–Crippen LogP) is 3.67. The number of benzene rings is 2. The zero-order valence-electron chi connectivity index (χ0n) is 15.0. The molecule has 1 aliphatic heterocycles. The molecule has 1 N–H and O–H groups in total. The number of rotatable bonds is 4. The maximum Gasteiger partial charge on any atom is 0.237 e. The summed E-state index contributed by atoms with van der Waals surface area (Å²) in [6.07, 6.45) is 1.93. The number of nitrogens with one attached hydrogen (secondary N) is 1. The summed E-state index contributed by atoms with van der Waals surface area (Å²) in [7, 11) is 1.69. The summed E-state index contributed by atoms with van der Waals surface area (Å²) in [5, 5.41) is 2.90. The topological polar surface area (TPSA) is 49.4 Å². The minimum atomic E-state index is -0.820. The van der Waals surface area contributed by atoms with Crippen LogP contribution in [0.15, 0.2) is 47.4 Å². The van der Waals surface area contributed by atoms with E-state index in [1.807, 2.05) is 30.5 Å². The number of hydrogen-bond donors (Lipinski definition) is 1. The summed E-state index contributed by atoms with van der Waals surface area (Å²) >= 11 is 1.53. The third-order valence-corrected chi connectivity index (χ3v) is 5.57. The van der Waals surface area contributed by atoms with Gasteiger partial charge in [-0.25, -0.2) is 4.39 Å². The minimum Gasteiger partial charge on any atom is -0.344 e. The van der Waals surface area contributed by atoms with Crippen molar-refractivity contribution in [2.24, 2.45) is 5.92 Å². The molecule has 1 aliphatic rings. The first-order valence-electron chi connectivity index (χ1n) is 8.37. The van der Waals surface area contributed by atoms with Crippen molar-refractivity contribution in [1.82, 2.24) is 4.90 Å². The van der Waals surface area contributed by atoms with Crippen LogP contribution in [0.1, 0.15) is 17.0 Å². The van der Waals surface area contributed by atoms with Crippen LogP contribution in [0.2, 0.25) is 0 Å². The van der Waals surface area contributed by atoms with Crippen molar-refractivity contribution < 1.29 is 14.0 Å². The second-order valence-electron chi connectivity index (χ2n) is 6.50. The number of thioether (sulfide) groups is 1. The van der Waals surface area contributed by atoms with E-state index in [1.54, 1.807) is 31.0 Å². The summed E-state index contributed by atoms with van der Waals surface area (Å²) in [6.45, 7) is 2.12. The van der Waals surface area contributed by atoms with Gasteiger partial charge in [-0.2, -0.15) is 0 Å². The molecular weight excluding hydrogens is 351 g/mol. The van der Waals surface area contributed by atoms with E-state index >= 15 is 0 Å². The highest BCUT2D eigenvalue weighted by atomic mass is 32.2. The van der Waals surface area contributed by atoms with Crippen molar-refractivity contribution >= 4 is 29.3 Å². The molecule has 2 atom stereocenters. The van der Waals surface area contributed by atoms with Crippen LogP contribution in [-0.2, 0) is 9.59 Å². The van der Waals surface area contributed by atoms with Crippen LogP contribution in [0.4, 0.5) is 10.1 Å². The SMILES string of the molecule is CSc1ccccc1NC(=O)[C@H]1C(=O)N(C)C[C@@H]1c1ccc(F)c(C)c1. The smallest absolute Gasteiger partial charge is 0.237 e. The number of likely N-dealkylation sites (N-methyl/N-ethyl adjacent to an activating group) is 1. The molecule has 6 heteroatoms. The highest BCUT2D eigenvalue weighted by Crippen LogP contribution is 2.35. The van der Waals surface area contributed by atoms with E-state index < -0.39 is 5.92 Å². The Labute approximate surface area is 156 Å². The highest BCUT2D eigenvalue weighted by Gasteiger charge is 2.44. The average molecular weight is 372 g/mol. The van der Waals surface area contributed by atoms with Gasteiger partial charge in [0.1, 0.15) is 11.7 Å². The van der Waals surface area contributed by atoms with Crippen LogP contribution < -0.4 is 5.32 Å². The lowest BCUT2D eigenvalue weighted by molar-refractivity contribution is -0.135. The largest absolute Gasteiger partial charge is 0.344 e. The molecule has 0 saturated carbocycles. The van der Waals surface area contributed by atoms with Gasteiger partial charge in [-0.05, 0) is 42.5 Å². The second kappa shape index (κ2) is 7.50. The molecule has 136 valence electrons. The Kier molecular flexibility index (Phi) is 5.32. The van der Waals surface area contributed by atoms with E-state index in [9.17, 15) is 14.0 Å². The van der Waals surface area contributed by atoms with E-state index in [0.717, 1.165) is 10.5 Å². The monoisotopic (exact) mass is 372 g/mol. The number of para-hydroxylation sites is 1. The third-order valence-electron chi connectivity index (χ3n) is 4.77. The Balaban J connectivity index is 1.90. The van der Waals surface area contributed by atoms with E-state index in [0.29, 0.717) is 17.8 Å². The number of amides is 2. The van der Waals surface area contributed by atoms with Gasteiger partial charge >= 0.3 is 0 Å². The number of nitrogens with zero attached hydrogens (tertiary/aromatic N) is 1. The van der Waals surface area contributed by atoms with Crippen LogP contribution in [-0.4, -0.2) is 36.6 Å². The van der Waals surface area contributed by atoms with Gasteiger partial charge in [0.2, 0.25) is 11.8 Å². The lowest BCUT2D eigenvalue weighted by atomic mass is 9.87. The summed E-state index contributed by atoms with van der Waals surface area (Å²) < 4.78 is 13.6. The Bertz CT molecular complexity index is 855. The zero-order chi connectivity index (χ0) is 18.8. The molecule has 4 nitrogen and oxygen atoms in total. The number of carbonyl (C=O) groups is 2. The fourth-order valence-electron chi connectivity index (χ4n) is 3.35. The number of likely N-dealkylation sites (tertiary alicyclic amines) is 1. The van der Waals surface area contributed by atoms with Crippen LogP contribution in [0.5, 0.6) is 0 Å². The van der Waals surface area contributed by atoms with Gasteiger partial charge < -0.3 is 10.2 Å². The molecule has 3 rings (SSSR count). The maximum atomic E-state index is 13.6. The molecule has 0 spiro atoms. The fourth-order valence-corrected chi connectivity index (χ4v) is 3.90. The first-order chi connectivity index (χ1) is 12.4. The van der Waals surface area contributed by atoms with Gasteiger partial charge in [0.05, 0.1) is 5.69 Å². The molecular formula is C20H21FN2O2S. The van der Waals surface area contributed by atoms with Crippen LogP contribution in [0, 0.1) is 18.7 Å². The lowest BCUT2D eigenvalue weighted by Crippen LogP contribution is -2.32. The van der Waals surface area contributed by atoms with E-state index in [-0.39, 0.29) is 23.5 Å². The van der Waals surface area contributed by atoms with E-state index in [1.165, 1.54) is 17.8 Å². The molecule has 1 fully saturated rings. The number of halogens is 1. The van der Waals surface area contributed by atoms with Gasteiger partial charge in [0.25, 0.3) is 0 Å². The van der Waals surface area contributed by atoms with Gasteiger partial charge in [-0.1, -0.05) is 24.3 Å². The van der Waals surface area contributed by atoms with Crippen molar-refractivity contribution in [3.63, 3.8) is 0 Å². The first-order valence-corrected chi connectivity index (χ1v) is 9.59. The number of aryl methyl sites for hydroxylation is 1. The van der Waals surface area contributed by atoms with Gasteiger partial charge in [-0.3, -0.25) is 9.59 Å². The molecule has 0 bridgehead atoms. The summed E-state index contributed by atoms with van der Waals surface area (Å²) in [5.74, 6) is -1.95. The lowest BCUT2D eigenvalue weighted by Gasteiger charge is -2.18. The van der Waals surface area contributed by atoms with Crippen molar-refractivity contribution in [2.45, 2.75) is 17.7 Å².